The van der Waals surface area contributed by atoms with Crippen LogP contribution < -0.4 is 4.74 Å². The normalized spacial score (nSPS) is 14.7. The van der Waals surface area contributed by atoms with Crippen LogP contribution in [0.1, 0.15) is 28.9 Å². The molecule has 1 aromatic heterocycles. The van der Waals surface area contributed by atoms with Crippen LogP contribution in [0.4, 0.5) is 0 Å². The van der Waals surface area contributed by atoms with Gasteiger partial charge in [0.15, 0.2) is 11.0 Å². The van der Waals surface area contributed by atoms with E-state index in [9.17, 15) is 4.79 Å². The molecule has 0 saturated carbocycles. The highest BCUT2D eigenvalue weighted by Gasteiger charge is 2.21. The second kappa shape index (κ2) is 11.5. The summed E-state index contributed by atoms with van der Waals surface area (Å²) in [6.45, 7) is 5.11. The van der Waals surface area contributed by atoms with Gasteiger partial charge in [0, 0.05) is 37.1 Å². The molecule has 4 rings (SSSR count). The zero-order valence-electron chi connectivity index (χ0n) is 19.8. The zero-order chi connectivity index (χ0) is 23.9. The summed E-state index contributed by atoms with van der Waals surface area (Å²) in [4.78, 5) is 14.5. The number of aromatic nitrogens is 3. The van der Waals surface area contributed by atoms with Crippen molar-refractivity contribution in [1.82, 2.24) is 19.7 Å². The molecule has 2 heterocycles. The Kier molecular flexibility index (Phi) is 8.21. The molecule has 1 aliphatic heterocycles. The first-order valence-corrected chi connectivity index (χ1v) is 12.3. The molecule has 1 saturated heterocycles. The Morgan fingerprint density at radius 1 is 1.12 bits per heavy atom. The van der Waals surface area contributed by atoms with E-state index >= 15 is 0 Å². The fourth-order valence-corrected chi connectivity index (χ4v) is 4.88. The van der Waals surface area contributed by atoms with Gasteiger partial charge in [-0.05, 0) is 36.8 Å². The minimum Gasteiger partial charge on any atom is -0.497 e. The number of rotatable bonds is 9. The summed E-state index contributed by atoms with van der Waals surface area (Å²) in [5, 5.41) is 9.78. The summed E-state index contributed by atoms with van der Waals surface area (Å²) < 4.78 is 18.2. The zero-order valence-corrected chi connectivity index (χ0v) is 20.6. The summed E-state index contributed by atoms with van der Waals surface area (Å²) in [7, 11) is 3.34. The van der Waals surface area contributed by atoms with Crippen molar-refractivity contribution in [1.29, 1.82) is 0 Å². The molecule has 0 N–H and O–H groups in total. The molecule has 180 valence electrons. The molecule has 8 nitrogen and oxygen atoms in total. The van der Waals surface area contributed by atoms with E-state index in [4.69, 9.17) is 14.2 Å². The number of hydrogen-bond donors (Lipinski definition) is 0. The third-order valence-corrected chi connectivity index (χ3v) is 6.72. The maximum atomic E-state index is 12.7. The van der Waals surface area contributed by atoms with Gasteiger partial charge < -0.3 is 19.1 Å². The van der Waals surface area contributed by atoms with E-state index in [-0.39, 0.29) is 11.9 Å². The summed E-state index contributed by atoms with van der Waals surface area (Å²) >= 11 is 1.61. The van der Waals surface area contributed by atoms with Gasteiger partial charge in [-0.15, -0.1) is 10.2 Å². The van der Waals surface area contributed by atoms with Gasteiger partial charge in [-0.1, -0.05) is 36.0 Å². The average Bonchev–Trinajstić information content (AvgIpc) is 3.32. The molecular formula is C25H30N4O4S. The molecular weight excluding hydrogens is 452 g/mol. The number of hydrogen-bond acceptors (Lipinski definition) is 7. The lowest BCUT2D eigenvalue weighted by molar-refractivity contribution is 0.0303. The minimum absolute atomic E-state index is 0.0530. The predicted molar refractivity (Wildman–Crippen MR) is 131 cm³/mol. The number of carbonyl (C=O) groups is 1. The second-order valence-electron chi connectivity index (χ2n) is 8.10. The van der Waals surface area contributed by atoms with Crippen LogP contribution in [0.3, 0.4) is 0 Å². The van der Waals surface area contributed by atoms with Gasteiger partial charge >= 0.3 is 0 Å². The molecule has 2 aromatic carbocycles. The van der Waals surface area contributed by atoms with E-state index in [1.807, 2.05) is 53.4 Å². The molecule has 0 radical (unpaired) electrons. The van der Waals surface area contributed by atoms with E-state index in [2.05, 4.69) is 21.7 Å². The van der Waals surface area contributed by atoms with Crippen LogP contribution in [0.25, 0.3) is 11.4 Å². The van der Waals surface area contributed by atoms with Crippen molar-refractivity contribution < 1.29 is 19.0 Å². The largest absolute Gasteiger partial charge is 0.497 e. The Hall–Kier alpha value is -2.88. The molecule has 1 amide bonds. The second-order valence-corrected chi connectivity index (χ2v) is 9.05. The van der Waals surface area contributed by atoms with Crippen molar-refractivity contribution in [2.75, 3.05) is 47.1 Å². The average molecular weight is 483 g/mol. The van der Waals surface area contributed by atoms with E-state index in [0.29, 0.717) is 44.2 Å². The van der Waals surface area contributed by atoms with Crippen LogP contribution >= 0.6 is 11.8 Å². The van der Waals surface area contributed by atoms with Crippen LogP contribution in [-0.4, -0.2) is 72.7 Å². The van der Waals surface area contributed by atoms with Gasteiger partial charge in [0.25, 0.3) is 5.91 Å². The van der Waals surface area contributed by atoms with E-state index < -0.39 is 0 Å². The molecule has 1 fully saturated rings. The molecule has 0 bridgehead atoms. The van der Waals surface area contributed by atoms with E-state index in [1.54, 1.807) is 26.0 Å². The topological polar surface area (TPSA) is 78.7 Å². The number of morpholine rings is 1. The van der Waals surface area contributed by atoms with Crippen LogP contribution in [0.5, 0.6) is 5.75 Å². The van der Waals surface area contributed by atoms with Gasteiger partial charge in [-0.2, -0.15) is 0 Å². The Morgan fingerprint density at radius 2 is 1.88 bits per heavy atom. The summed E-state index contributed by atoms with van der Waals surface area (Å²) in [6, 6.07) is 15.7. The Balaban J connectivity index is 1.50. The first kappa shape index (κ1) is 24.3. The SMILES string of the molecule is COCC(C)n1c(SCc2ccc(C(=O)N3CCOCC3)cc2)nnc1-c1cccc(OC)c1. The van der Waals surface area contributed by atoms with Crippen molar-refractivity contribution in [3.63, 3.8) is 0 Å². The lowest BCUT2D eigenvalue weighted by atomic mass is 10.1. The first-order chi connectivity index (χ1) is 16.6. The highest BCUT2D eigenvalue weighted by molar-refractivity contribution is 7.98. The molecule has 9 heteroatoms. The minimum atomic E-state index is 0.0530. The number of ether oxygens (including phenoxy) is 3. The number of amides is 1. The van der Waals surface area contributed by atoms with Gasteiger partial charge in [0.05, 0.1) is 33.0 Å². The van der Waals surface area contributed by atoms with Crippen molar-refractivity contribution in [3.8, 4) is 17.1 Å². The van der Waals surface area contributed by atoms with E-state index in [1.165, 1.54) is 0 Å². The third kappa shape index (κ3) is 5.60. The first-order valence-electron chi connectivity index (χ1n) is 11.3. The lowest BCUT2D eigenvalue weighted by Gasteiger charge is -2.26. The summed E-state index contributed by atoms with van der Waals surface area (Å²) in [5.74, 6) is 2.31. The number of benzene rings is 2. The maximum Gasteiger partial charge on any atom is 0.254 e. The standard InChI is InChI=1S/C25H30N4O4S/c1-18(16-31-2)29-23(21-5-4-6-22(15-21)32-3)26-27-25(29)34-17-19-7-9-20(10-8-19)24(30)28-11-13-33-14-12-28/h4-10,15,18H,11-14,16-17H2,1-3H3. The van der Waals surface area contributed by atoms with E-state index in [0.717, 1.165) is 27.9 Å². The highest BCUT2D eigenvalue weighted by Crippen LogP contribution is 2.31. The smallest absolute Gasteiger partial charge is 0.254 e. The molecule has 1 atom stereocenters. The number of methoxy groups -OCH3 is 2. The lowest BCUT2D eigenvalue weighted by Crippen LogP contribution is -2.40. The molecule has 0 spiro atoms. The Labute approximate surface area is 204 Å². The van der Waals surface area contributed by atoms with Crippen LogP contribution in [0, 0.1) is 0 Å². The van der Waals surface area contributed by atoms with Crippen molar-refractivity contribution in [2.45, 2.75) is 23.9 Å². The molecule has 1 aliphatic rings. The third-order valence-electron chi connectivity index (χ3n) is 5.71. The van der Waals surface area contributed by atoms with Gasteiger partial charge in [-0.3, -0.25) is 9.36 Å². The quantitative estimate of drug-likeness (QED) is 0.428. The predicted octanol–water partition coefficient (Wildman–Crippen LogP) is 3.93. The van der Waals surface area contributed by atoms with Gasteiger partial charge in [0.1, 0.15) is 5.75 Å². The van der Waals surface area contributed by atoms with Crippen molar-refractivity contribution in [2.24, 2.45) is 0 Å². The summed E-state index contributed by atoms with van der Waals surface area (Å²) in [5.41, 5.74) is 2.75. The van der Waals surface area contributed by atoms with Gasteiger partial charge in [-0.25, -0.2) is 0 Å². The fraction of sp³-hybridized carbons (Fsp3) is 0.400. The monoisotopic (exact) mass is 482 g/mol. The maximum absolute atomic E-state index is 12.7. The van der Waals surface area contributed by atoms with Gasteiger partial charge in [0.2, 0.25) is 0 Å². The molecule has 34 heavy (non-hydrogen) atoms. The van der Waals surface area contributed by atoms with Crippen LogP contribution in [0.15, 0.2) is 53.7 Å². The summed E-state index contributed by atoms with van der Waals surface area (Å²) in [6.07, 6.45) is 0. The molecule has 3 aromatic rings. The van der Waals surface area contributed by atoms with Crippen LogP contribution in [0.2, 0.25) is 0 Å². The van der Waals surface area contributed by atoms with Crippen LogP contribution in [-0.2, 0) is 15.2 Å². The Morgan fingerprint density at radius 3 is 2.59 bits per heavy atom. The number of thioether (sulfide) groups is 1. The molecule has 0 aliphatic carbocycles. The van der Waals surface area contributed by atoms with Crippen molar-refractivity contribution in [3.05, 3.63) is 59.7 Å². The molecule has 1 unspecified atom stereocenters. The Bertz CT molecular complexity index is 1100. The number of nitrogens with zero attached hydrogens (tertiary/aromatic N) is 4. The van der Waals surface area contributed by atoms with Crippen molar-refractivity contribution >= 4 is 17.7 Å². The number of carbonyl (C=O) groups excluding carboxylic acids is 1. The highest BCUT2D eigenvalue weighted by atomic mass is 32.2. The fourth-order valence-electron chi connectivity index (χ4n) is 3.89.